The summed E-state index contributed by atoms with van der Waals surface area (Å²) in [7, 11) is 0. The number of carbonyl (C=O) groups is 1. The van der Waals surface area contributed by atoms with E-state index in [9.17, 15) is 4.79 Å². The Balaban J connectivity index is 2.74. The summed E-state index contributed by atoms with van der Waals surface area (Å²) in [6, 6.07) is 0. The topological polar surface area (TPSA) is 40.5 Å². The van der Waals surface area contributed by atoms with Crippen LogP contribution in [0.2, 0.25) is 0 Å². The van der Waals surface area contributed by atoms with Crippen molar-refractivity contribution in [2.75, 3.05) is 19.7 Å². The van der Waals surface area contributed by atoms with Gasteiger partial charge in [0.2, 0.25) is 0 Å². The number of likely N-dealkylation sites (tertiary alicyclic amines) is 1. The number of hydrogen-bond donors (Lipinski definition) is 1. The quantitative estimate of drug-likeness (QED) is 0.734. The lowest BCUT2D eigenvalue weighted by atomic mass is 10.0. The highest BCUT2D eigenvalue weighted by Crippen LogP contribution is 2.24. The lowest BCUT2D eigenvalue weighted by Gasteiger charge is -2.15. The van der Waals surface area contributed by atoms with Crippen molar-refractivity contribution in [3.8, 4) is 0 Å². The summed E-state index contributed by atoms with van der Waals surface area (Å²) in [5.74, 6) is 0.201. The molecule has 1 aliphatic rings. The minimum absolute atomic E-state index is 0.153. The lowest BCUT2D eigenvalue weighted by molar-refractivity contribution is -0.126. The Labute approximate surface area is 96.8 Å². The molecule has 0 saturated carbocycles. The zero-order valence-electron chi connectivity index (χ0n) is 9.99. The van der Waals surface area contributed by atoms with Gasteiger partial charge >= 0.3 is 0 Å². The van der Waals surface area contributed by atoms with Gasteiger partial charge in [-0.15, -0.1) is 0 Å². The average molecular weight is 221 g/mol. The first kappa shape index (κ1) is 12.7. The Morgan fingerprint density at radius 3 is 2.75 bits per heavy atom. The van der Waals surface area contributed by atoms with Gasteiger partial charge in [0.15, 0.2) is 0 Å². The molecule has 0 bridgehead atoms. The van der Waals surface area contributed by atoms with Crippen LogP contribution < -0.4 is 0 Å². The summed E-state index contributed by atoms with van der Waals surface area (Å²) in [6.45, 7) is 12.4. The maximum absolute atomic E-state index is 11.8. The van der Waals surface area contributed by atoms with Crippen LogP contribution in [0.1, 0.15) is 13.8 Å². The molecule has 1 aliphatic heterocycles. The number of nitrogens with zero attached hydrogens (tertiary/aromatic N) is 1. The van der Waals surface area contributed by atoms with E-state index in [1.807, 2.05) is 13.0 Å². The van der Waals surface area contributed by atoms with Crippen LogP contribution in [0.25, 0.3) is 0 Å². The zero-order chi connectivity index (χ0) is 12.3. The standard InChI is InChI=1S/C13H19NO2/c1-9(2)5-12-7-14(6-10(12)3)13(16)11(4)8-15/h5,10,15H,1,4,6-8H2,2-3H3/b12-5-. The van der Waals surface area contributed by atoms with Crippen LogP contribution in [0.5, 0.6) is 0 Å². The van der Waals surface area contributed by atoms with E-state index in [1.165, 1.54) is 5.57 Å². The number of amides is 1. The maximum Gasteiger partial charge on any atom is 0.251 e. The third-order valence-corrected chi connectivity index (χ3v) is 2.71. The van der Waals surface area contributed by atoms with Crippen LogP contribution in [0.4, 0.5) is 0 Å². The van der Waals surface area contributed by atoms with Gasteiger partial charge in [-0.1, -0.05) is 31.7 Å². The number of aliphatic hydroxyl groups is 1. The summed E-state index contributed by atoms with van der Waals surface area (Å²) in [6.07, 6.45) is 2.03. The van der Waals surface area contributed by atoms with Crippen molar-refractivity contribution in [3.63, 3.8) is 0 Å². The SMILES string of the molecule is C=C(C)/C=C1/CN(C(=O)C(=C)CO)CC1C. The van der Waals surface area contributed by atoms with Crippen LogP contribution in [0.15, 0.2) is 36.0 Å². The van der Waals surface area contributed by atoms with E-state index in [1.54, 1.807) is 4.90 Å². The van der Waals surface area contributed by atoms with Gasteiger partial charge < -0.3 is 10.0 Å². The molecule has 0 aromatic heterocycles. The second-order valence-corrected chi connectivity index (χ2v) is 4.41. The molecule has 1 unspecified atom stereocenters. The number of allylic oxidation sites excluding steroid dienone is 2. The molecule has 1 amide bonds. The summed E-state index contributed by atoms with van der Waals surface area (Å²) < 4.78 is 0. The number of hydrogen-bond acceptors (Lipinski definition) is 2. The molecule has 3 heteroatoms. The number of rotatable bonds is 3. The molecule has 3 nitrogen and oxygen atoms in total. The van der Waals surface area contributed by atoms with Crippen LogP contribution in [-0.4, -0.2) is 35.6 Å². The van der Waals surface area contributed by atoms with Gasteiger partial charge in [-0.3, -0.25) is 4.79 Å². The van der Waals surface area contributed by atoms with Crippen LogP contribution in [0.3, 0.4) is 0 Å². The van der Waals surface area contributed by atoms with Crippen molar-refractivity contribution in [1.29, 1.82) is 0 Å². The van der Waals surface area contributed by atoms with Gasteiger partial charge in [0.05, 0.1) is 6.61 Å². The summed E-state index contributed by atoms with van der Waals surface area (Å²) >= 11 is 0. The van der Waals surface area contributed by atoms with Crippen molar-refractivity contribution in [2.45, 2.75) is 13.8 Å². The monoisotopic (exact) mass is 221 g/mol. The Hall–Kier alpha value is -1.35. The van der Waals surface area contributed by atoms with E-state index in [0.29, 0.717) is 19.0 Å². The van der Waals surface area contributed by atoms with E-state index < -0.39 is 0 Å². The average Bonchev–Trinajstić information content (AvgIpc) is 2.57. The predicted octanol–water partition coefficient (Wildman–Crippen LogP) is 1.52. The Bertz CT molecular complexity index is 355. The molecule has 0 aromatic carbocycles. The third kappa shape index (κ3) is 2.83. The Kier molecular flexibility index (Phi) is 4.07. The van der Waals surface area contributed by atoms with Crippen molar-refractivity contribution in [3.05, 3.63) is 36.0 Å². The molecule has 1 N–H and O–H groups in total. The molecule has 1 heterocycles. The number of carbonyl (C=O) groups excluding carboxylic acids is 1. The van der Waals surface area contributed by atoms with Crippen molar-refractivity contribution < 1.29 is 9.90 Å². The smallest absolute Gasteiger partial charge is 0.251 e. The highest BCUT2D eigenvalue weighted by atomic mass is 16.3. The fourth-order valence-electron chi connectivity index (χ4n) is 1.84. The molecular weight excluding hydrogens is 202 g/mol. The van der Waals surface area contributed by atoms with E-state index in [0.717, 1.165) is 5.57 Å². The first-order valence-electron chi connectivity index (χ1n) is 5.39. The molecule has 16 heavy (non-hydrogen) atoms. The van der Waals surface area contributed by atoms with Gasteiger partial charge in [-0.05, 0) is 18.4 Å². The fourth-order valence-corrected chi connectivity index (χ4v) is 1.84. The van der Waals surface area contributed by atoms with Gasteiger partial charge in [-0.25, -0.2) is 0 Å². The minimum Gasteiger partial charge on any atom is -0.391 e. The lowest BCUT2D eigenvalue weighted by Crippen LogP contribution is -2.30. The summed E-state index contributed by atoms with van der Waals surface area (Å²) in [4.78, 5) is 13.5. The predicted molar refractivity (Wildman–Crippen MR) is 64.9 cm³/mol. The largest absolute Gasteiger partial charge is 0.391 e. The van der Waals surface area contributed by atoms with Crippen molar-refractivity contribution in [2.24, 2.45) is 5.92 Å². The fraction of sp³-hybridized carbons (Fsp3) is 0.462. The Morgan fingerprint density at radius 1 is 1.62 bits per heavy atom. The number of aliphatic hydroxyl groups excluding tert-OH is 1. The van der Waals surface area contributed by atoms with Crippen LogP contribution >= 0.6 is 0 Å². The highest BCUT2D eigenvalue weighted by molar-refractivity contribution is 5.93. The molecule has 0 aromatic rings. The highest BCUT2D eigenvalue weighted by Gasteiger charge is 2.28. The molecule has 1 atom stereocenters. The molecule has 0 spiro atoms. The van der Waals surface area contributed by atoms with Gasteiger partial charge in [0.1, 0.15) is 0 Å². The zero-order valence-corrected chi connectivity index (χ0v) is 9.99. The molecule has 0 radical (unpaired) electrons. The third-order valence-electron chi connectivity index (χ3n) is 2.71. The first-order chi connectivity index (χ1) is 7.45. The molecule has 1 fully saturated rings. The molecule has 1 rings (SSSR count). The van der Waals surface area contributed by atoms with Gasteiger partial charge in [0, 0.05) is 18.7 Å². The van der Waals surface area contributed by atoms with Gasteiger partial charge in [0.25, 0.3) is 5.91 Å². The second kappa shape index (κ2) is 5.12. The van der Waals surface area contributed by atoms with E-state index >= 15 is 0 Å². The van der Waals surface area contributed by atoms with E-state index in [2.05, 4.69) is 20.1 Å². The van der Waals surface area contributed by atoms with Crippen molar-refractivity contribution >= 4 is 5.91 Å². The molecular formula is C13H19NO2. The summed E-state index contributed by atoms with van der Waals surface area (Å²) in [5.41, 5.74) is 2.47. The van der Waals surface area contributed by atoms with Crippen LogP contribution in [0, 0.1) is 5.92 Å². The Morgan fingerprint density at radius 2 is 2.25 bits per heavy atom. The molecule has 88 valence electrons. The maximum atomic E-state index is 11.8. The molecule has 0 aliphatic carbocycles. The second-order valence-electron chi connectivity index (χ2n) is 4.41. The minimum atomic E-state index is -0.275. The molecule has 1 saturated heterocycles. The van der Waals surface area contributed by atoms with E-state index in [4.69, 9.17) is 5.11 Å². The van der Waals surface area contributed by atoms with Crippen molar-refractivity contribution in [1.82, 2.24) is 4.90 Å². The van der Waals surface area contributed by atoms with Crippen LogP contribution in [-0.2, 0) is 4.79 Å². The normalized spacial score (nSPS) is 22.6. The van der Waals surface area contributed by atoms with E-state index in [-0.39, 0.29) is 18.1 Å². The first-order valence-corrected chi connectivity index (χ1v) is 5.39. The van der Waals surface area contributed by atoms with Gasteiger partial charge in [-0.2, -0.15) is 0 Å². The summed E-state index contributed by atoms with van der Waals surface area (Å²) in [5, 5.41) is 8.87.